The van der Waals surface area contributed by atoms with Crippen LogP contribution in [-0.2, 0) is 0 Å². The number of benzene rings is 2. The molecule has 100 valence electrons. The van der Waals surface area contributed by atoms with Crippen molar-refractivity contribution in [1.29, 1.82) is 0 Å². The smallest absolute Gasteiger partial charge is 0.336 e. The summed E-state index contributed by atoms with van der Waals surface area (Å²) in [5.74, 6) is -1.01. The van der Waals surface area contributed by atoms with Gasteiger partial charge in [-0.2, -0.15) is 0 Å². The molecule has 0 spiro atoms. The van der Waals surface area contributed by atoms with Crippen molar-refractivity contribution in [2.75, 3.05) is 0 Å². The lowest BCUT2D eigenvalue weighted by molar-refractivity contribution is -0.384. The number of nitrogens with zero attached hydrogens (tertiary/aromatic N) is 1. The van der Waals surface area contributed by atoms with Crippen LogP contribution in [0.15, 0.2) is 48.5 Å². The zero-order valence-electron chi connectivity index (χ0n) is 10.4. The first kappa shape index (κ1) is 13.5. The molecule has 2 aromatic rings. The Morgan fingerprint density at radius 3 is 2.55 bits per heavy atom. The van der Waals surface area contributed by atoms with Crippen LogP contribution in [0.2, 0.25) is 0 Å². The predicted molar refractivity (Wildman–Crippen MR) is 75.4 cm³/mol. The molecule has 0 heterocycles. The summed E-state index contributed by atoms with van der Waals surface area (Å²) in [7, 11) is 0. The van der Waals surface area contributed by atoms with E-state index in [1.54, 1.807) is 42.5 Å². The third kappa shape index (κ3) is 3.08. The molecular weight excluding hydrogens is 258 g/mol. The van der Waals surface area contributed by atoms with Gasteiger partial charge < -0.3 is 5.11 Å². The van der Waals surface area contributed by atoms with E-state index >= 15 is 0 Å². The molecule has 0 saturated carbocycles. The van der Waals surface area contributed by atoms with Crippen LogP contribution in [0.3, 0.4) is 0 Å². The summed E-state index contributed by atoms with van der Waals surface area (Å²) in [6, 6.07) is 12.7. The van der Waals surface area contributed by atoms with E-state index in [4.69, 9.17) is 5.11 Å². The van der Waals surface area contributed by atoms with Gasteiger partial charge in [0, 0.05) is 12.1 Å². The van der Waals surface area contributed by atoms with E-state index in [1.165, 1.54) is 18.2 Å². The summed E-state index contributed by atoms with van der Waals surface area (Å²) >= 11 is 0. The van der Waals surface area contributed by atoms with Crippen molar-refractivity contribution in [2.45, 2.75) is 0 Å². The normalized spacial score (nSPS) is 10.6. The van der Waals surface area contributed by atoms with Crippen molar-refractivity contribution in [3.05, 3.63) is 75.3 Å². The maximum Gasteiger partial charge on any atom is 0.336 e. The van der Waals surface area contributed by atoms with E-state index in [1.807, 2.05) is 0 Å². The Morgan fingerprint density at radius 2 is 1.85 bits per heavy atom. The highest BCUT2D eigenvalue weighted by molar-refractivity contribution is 5.93. The second-order valence-electron chi connectivity index (χ2n) is 4.08. The lowest BCUT2D eigenvalue weighted by Crippen LogP contribution is -1.98. The van der Waals surface area contributed by atoms with Gasteiger partial charge in [-0.1, -0.05) is 42.5 Å². The van der Waals surface area contributed by atoms with Crippen LogP contribution in [0.4, 0.5) is 5.69 Å². The lowest BCUT2D eigenvalue weighted by Gasteiger charge is -2.00. The van der Waals surface area contributed by atoms with Crippen molar-refractivity contribution < 1.29 is 14.8 Å². The molecule has 1 N–H and O–H groups in total. The zero-order chi connectivity index (χ0) is 14.5. The fourth-order valence-electron chi connectivity index (χ4n) is 1.77. The quantitative estimate of drug-likeness (QED) is 0.523. The van der Waals surface area contributed by atoms with Crippen molar-refractivity contribution in [2.24, 2.45) is 0 Å². The van der Waals surface area contributed by atoms with E-state index in [2.05, 4.69) is 0 Å². The van der Waals surface area contributed by atoms with Gasteiger partial charge in [-0.05, 0) is 17.2 Å². The summed E-state index contributed by atoms with van der Waals surface area (Å²) in [5.41, 5.74) is 1.37. The minimum absolute atomic E-state index is 0.00123. The fourth-order valence-corrected chi connectivity index (χ4v) is 1.77. The number of rotatable bonds is 4. The van der Waals surface area contributed by atoms with Crippen LogP contribution in [0.25, 0.3) is 12.2 Å². The number of nitro benzene ring substituents is 1. The van der Waals surface area contributed by atoms with Crippen molar-refractivity contribution in [1.82, 2.24) is 0 Å². The average Bonchev–Trinajstić information content (AvgIpc) is 2.45. The molecule has 5 heteroatoms. The fraction of sp³-hybridized carbons (Fsp3) is 0. The number of carboxylic acid groups (broad SMARTS) is 1. The van der Waals surface area contributed by atoms with Gasteiger partial charge >= 0.3 is 5.97 Å². The monoisotopic (exact) mass is 269 g/mol. The summed E-state index contributed by atoms with van der Waals surface area (Å²) in [6.07, 6.45) is 3.28. The minimum Gasteiger partial charge on any atom is -0.478 e. The highest BCUT2D eigenvalue weighted by Crippen LogP contribution is 2.17. The molecule has 0 aliphatic rings. The maximum absolute atomic E-state index is 11.1. The van der Waals surface area contributed by atoms with Gasteiger partial charge in [0.1, 0.15) is 0 Å². The molecule has 0 unspecified atom stereocenters. The van der Waals surface area contributed by atoms with E-state index in [9.17, 15) is 14.9 Å². The molecule has 0 aromatic heterocycles. The number of aromatic carboxylic acids is 1. The number of hydrogen-bond donors (Lipinski definition) is 1. The van der Waals surface area contributed by atoms with Crippen LogP contribution in [0.5, 0.6) is 0 Å². The number of nitro groups is 1. The number of hydrogen-bond acceptors (Lipinski definition) is 3. The molecule has 0 radical (unpaired) electrons. The van der Waals surface area contributed by atoms with Crippen molar-refractivity contribution in [3.63, 3.8) is 0 Å². The molecule has 5 nitrogen and oxygen atoms in total. The van der Waals surface area contributed by atoms with Gasteiger partial charge in [-0.15, -0.1) is 0 Å². The molecule has 0 atom stereocenters. The SMILES string of the molecule is O=C(O)c1ccccc1C=Cc1cccc([N+](=O)[O-])c1. The molecule has 2 rings (SSSR count). The van der Waals surface area contributed by atoms with Crippen LogP contribution in [0.1, 0.15) is 21.5 Å². The standard InChI is InChI=1S/C15H11NO4/c17-15(18)14-7-2-1-5-12(14)9-8-11-4-3-6-13(10-11)16(19)20/h1-10H,(H,17,18). The molecular formula is C15H11NO4. The Bertz CT molecular complexity index is 692. The summed E-state index contributed by atoms with van der Waals surface area (Å²) in [6.45, 7) is 0. The Hall–Kier alpha value is -2.95. The first-order chi connectivity index (χ1) is 9.58. The third-order valence-corrected chi connectivity index (χ3v) is 2.73. The van der Waals surface area contributed by atoms with E-state index < -0.39 is 10.9 Å². The largest absolute Gasteiger partial charge is 0.478 e. The van der Waals surface area contributed by atoms with E-state index in [-0.39, 0.29) is 11.3 Å². The maximum atomic E-state index is 11.1. The Labute approximate surface area is 115 Å². The highest BCUT2D eigenvalue weighted by Gasteiger charge is 2.07. The first-order valence-electron chi connectivity index (χ1n) is 5.83. The Balaban J connectivity index is 2.32. The van der Waals surface area contributed by atoms with Gasteiger partial charge in [0.25, 0.3) is 5.69 Å². The van der Waals surface area contributed by atoms with Gasteiger partial charge in [-0.3, -0.25) is 10.1 Å². The van der Waals surface area contributed by atoms with E-state index in [0.29, 0.717) is 11.1 Å². The summed E-state index contributed by atoms with van der Waals surface area (Å²) in [5, 5.41) is 19.7. The van der Waals surface area contributed by atoms with Gasteiger partial charge in [0.2, 0.25) is 0 Å². The van der Waals surface area contributed by atoms with Gasteiger partial charge in [0.15, 0.2) is 0 Å². The third-order valence-electron chi connectivity index (χ3n) is 2.73. The molecule has 0 bridgehead atoms. The van der Waals surface area contributed by atoms with Crippen LogP contribution in [-0.4, -0.2) is 16.0 Å². The molecule has 0 fully saturated rings. The highest BCUT2D eigenvalue weighted by atomic mass is 16.6. The Morgan fingerprint density at radius 1 is 1.10 bits per heavy atom. The van der Waals surface area contributed by atoms with Gasteiger partial charge in [0.05, 0.1) is 10.5 Å². The van der Waals surface area contributed by atoms with E-state index in [0.717, 1.165) is 0 Å². The lowest BCUT2D eigenvalue weighted by atomic mass is 10.1. The van der Waals surface area contributed by atoms with Crippen LogP contribution < -0.4 is 0 Å². The molecule has 0 aliphatic carbocycles. The number of non-ortho nitro benzene ring substituents is 1. The number of carbonyl (C=O) groups is 1. The summed E-state index contributed by atoms with van der Waals surface area (Å²) < 4.78 is 0. The van der Waals surface area contributed by atoms with Crippen LogP contribution in [0, 0.1) is 10.1 Å². The van der Waals surface area contributed by atoms with Crippen LogP contribution >= 0.6 is 0 Å². The average molecular weight is 269 g/mol. The summed E-state index contributed by atoms with van der Waals surface area (Å²) in [4.78, 5) is 21.3. The second-order valence-corrected chi connectivity index (χ2v) is 4.08. The molecule has 0 amide bonds. The van der Waals surface area contributed by atoms with Crippen molar-refractivity contribution >= 4 is 23.8 Å². The molecule has 0 saturated heterocycles. The van der Waals surface area contributed by atoms with Crippen molar-refractivity contribution in [3.8, 4) is 0 Å². The molecule has 20 heavy (non-hydrogen) atoms. The molecule has 0 aliphatic heterocycles. The zero-order valence-corrected chi connectivity index (χ0v) is 10.4. The number of carboxylic acids is 1. The van der Waals surface area contributed by atoms with Gasteiger partial charge in [-0.25, -0.2) is 4.79 Å². The first-order valence-corrected chi connectivity index (χ1v) is 5.83. The Kier molecular flexibility index (Phi) is 3.91. The predicted octanol–water partition coefficient (Wildman–Crippen LogP) is 3.46. The topological polar surface area (TPSA) is 80.4 Å². The minimum atomic E-state index is -1.01. The molecule has 2 aromatic carbocycles. The second kappa shape index (κ2) is 5.79.